The van der Waals surface area contributed by atoms with E-state index in [1.807, 2.05) is 6.92 Å². The van der Waals surface area contributed by atoms with Gasteiger partial charge in [-0.1, -0.05) is 68.8 Å². The SMILES string of the molecule is CCCCCC(/C=C/C1C=C/C(=N\OCC)C1CCCCCCC(=O)O[Si](C)(C)C)O[Si](C)(C)C. The van der Waals surface area contributed by atoms with E-state index in [1.54, 1.807) is 0 Å². The van der Waals surface area contributed by atoms with Crippen molar-refractivity contribution in [1.29, 1.82) is 0 Å². The number of carbonyl (C=O) groups excluding carboxylic acids is 1. The number of hydrogen-bond donors (Lipinski definition) is 0. The third-order valence-electron chi connectivity index (χ3n) is 5.84. The molecule has 0 aromatic heterocycles. The van der Waals surface area contributed by atoms with Crippen molar-refractivity contribution in [2.24, 2.45) is 17.0 Å². The van der Waals surface area contributed by atoms with Crippen LogP contribution in [0.3, 0.4) is 0 Å². The average Bonchev–Trinajstić information content (AvgIpc) is 3.12. The highest BCUT2D eigenvalue weighted by Crippen LogP contribution is 2.30. The predicted molar refractivity (Wildman–Crippen MR) is 154 cm³/mol. The van der Waals surface area contributed by atoms with E-state index in [0.29, 0.717) is 24.9 Å². The van der Waals surface area contributed by atoms with Crippen molar-refractivity contribution >= 4 is 28.3 Å². The Morgan fingerprint density at radius 2 is 1.71 bits per heavy atom. The Kier molecular flexibility index (Phi) is 15.0. The number of nitrogens with zero attached hydrogens (tertiary/aromatic N) is 1. The van der Waals surface area contributed by atoms with Crippen molar-refractivity contribution in [2.75, 3.05) is 6.61 Å². The molecule has 0 bridgehead atoms. The van der Waals surface area contributed by atoms with E-state index in [2.05, 4.69) is 75.7 Å². The number of oxime groups is 1. The van der Waals surface area contributed by atoms with Crippen LogP contribution < -0.4 is 0 Å². The van der Waals surface area contributed by atoms with Gasteiger partial charge in [-0.15, -0.1) is 0 Å². The summed E-state index contributed by atoms with van der Waals surface area (Å²) in [5, 5.41) is 4.41. The van der Waals surface area contributed by atoms with Gasteiger partial charge in [0, 0.05) is 18.3 Å². The van der Waals surface area contributed by atoms with E-state index in [-0.39, 0.29) is 12.1 Å². The standard InChI is InChI=1S/C28H53NO4Si2/c1-9-11-14-17-25(32-34(3,4)5)22-20-24-21-23-27(29-31-10-2)26(24)18-15-12-13-16-19-28(30)33-35(6,7)8/h20-26H,9-19H2,1-8H3/b22-20+,29-27+. The molecule has 0 saturated heterocycles. The second-order valence-corrected chi connectivity index (χ2v) is 20.6. The summed E-state index contributed by atoms with van der Waals surface area (Å²) in [6.45, 7) is 17.8. The second kappa shape index (κ2) is 16.5. The third-order valence-corrected chi connectivity index (χ3v) is 7.69. The van der Waals surface area contributed by atoms with E-state index in [9.17, 15) is 4.79 Å². The Morgan fingerprint density at radius 1 is 1.00 bits per heavy atom. The number of rotatable bonds is 18. The lowest BCUT2D eigenvalue weighted by molar-refractivity contribution is -0.135. The second-order valence-electron chi connectivity index (χ2n) is 11.7. The summed E-state index contributed by atoms with van der Waals surface area (Å²) in [4.78, 5) is 17.4. The molecule has 5 nitrogen and oxygen atoms in total. The summed E-state index contributed by atoms with van der Waals surface area (Å²) >= 11 is 0. The van der Waals surface area contributed by atoms with Crippen molar-refractivity contribution in [3.8, 4) is 0 Å². The molecule has 0 aromatic carbocycles. The highest BCUT2D eigenvalue weighted by Gasteiger charge is 2.28. The van der Waals surface area contributed by atoms with E-state index in [1.165, 1.54) is 19.3 Å². The van der Waals surface area contributed by atoms with E-state index in [0.717, 1.165) is 44.2 Å². The van der Waals surface area contributed by atoms with Gasteiger partial charge in [0.1, 0.15) is 6.61 Å². The minimum atomic E-state index is -1.77. The molecule has 0 saturated carbocycles. The third kappa shape index (κ3) is 15.5. The fourth-order valence-electron chi connectivity index (χ4n) is 4.32. The lowest BCUT2D eigenvalue weighted by Gasteiger charge is -2.25. The normalized spacial score (nSPS) is 20.6. The van der Waals surface area contributed by atoms with Gasteiger partial charge in [0.05, 0.1) is 11.8 Å². The summed E-state index contributed by atoms with van der Waals surface area (Å²) in [7, 11) is -3.38. The molecule has 3 unspecified atom stereocenters. The maximum Gasteiger partial charge on any atom is 0.292 e. The van der Waals surface area contributed by atoms with Crippen LogP contribution in [0.25, 0.3) is 0 Å². The molecule has 0 aromatic rings. The molecule has 202 valence electrons. The van der Waals surface area contributed by atoms with Crippen LogP contribution in [0.15, 0.2) is 29.5 Å². The van der Waals surface area contributed by atoms with Gasteiger partial charge >= 0.3 is 0 Å². The van der Waals surface area contributed by atoms with Gasteiger partial charge in [-0.25, -0.2) is 0 Å². The zero-order valence-electron chi connectivity index (χ0n) is 23.9. The molecule has 7 heteroatoms. The van der Waals surface area contributed by atoms with Gasteiger partial charge in [-0.2, -0.15) is 0 Å². The van der Waals surface area contributed by atoms with Crippen LogP contribution in [0.5, 0.6) is 0 Å². The van der Waals surface area contributed by atoms with E-state index < -0.39 is 16.6 Å². The summed E-state index contributed by atoms with van der Waals surface area (Å²) in [6, 6.07) is 0. The van der Waals surface area contributed by atoms with Gasteiger partial charge in [0.15, 0.2) is 8.32 Å². The molecule has 0 radical (unpaired) electrons. The first-order valence-corrected chi connectivity index (χ1v) is 20.7. The molecule has 0 aliphatic heterocycles. The van der Waals surface area contributed by atoms with Crippen molar-refractivity contribution in [1.82, 2.24) is 0 Å². The van der Waals surface area contributed by atoms with Gasteiger partial charge in [0.2, 0.25) is 8.32 Å². The average molecular weight is 524 g/mol. The minimum absolute atomic E-state index is 0.0328. The van der Waals surface area contributed by atoms with Crippen LogP contribution in [-0.2, 0) is 18.5 Å². The summed E-state index contributed by atoms with van der Waals surface area (Å²) in [5.41, 5.74) is 1.05. The Bertz CT molecular complexity index is 692. The first-order chi connectivity index (χ1) is 16.4. The first-order valence-electron chi connectivity index (χ1n) is 13.9. The van der Waals surface area contributed by atoms with Crippen molar-refractivity contribution < 1.29 is 18.5 Å². The van der Waals surface area contributed by atoms with Gasteiger partial charge in [0.25, 0.3) is 5.97 Å². The van der Waals surface area contributed by atoms with Crippen molar-refractivity contribution in [3.63, 3.8) is 0 Å². The highest BCUT2D eigenvalue weighted by atomic mass is 28.4. The molecule has 0 N–H and O–H groups in total. The monoisotopic (exact) mass is 523 g/mol. The Balaban J connectivity index is 2.65. The van der Waals surface area contributed by atoms with Crippen LogP contribution >= 0.6 is 0 Å². The molecule has 0 amide bonds. The topological polar surface area (TPSA) is 57.1 Å². The maximum atomic E-state index is 11.9. The molecular formula is C28H53NO4Si2. The Labute approximate surface area is 218 Å². The molecule has 35 heavy (non-hydrogen) atoms. The molecule has 3 atom stereocenters. The lowest BCUT2D eigenvalue weighted by atomic mass is 9.88. The van der Waals surface area contributed by atoms with Gasteiger partial charge in [-0.3, -0.25) is 4.79 Å². The largest absolute Gasteiger partial charge is 0.520 e. The molecule has 0 fully saturated rings. The molecule has 1 aliphatic rings. The fourth-order valence-corrected chi connectivity index (χ4v) is 6.21. The first kappa shape index (κ1) is 31.8. The van der Waals surface area contributed by atoms with Crippen LogP contribution in [0.2, 0.25) is 39.3 Å². The predicted octanol–water partition coefficient (Wildman–Crippen LogP) is 8.26. The number of unbranched alkanes of at least 4 members (excludes halogenated alkanes) is 5. The zero-order valence-corrected chi connectivity index (χ0v) is 25.9. The lowest BCUT2D eigenvalue weighted by Crippen LogP contribution is -2.31. The quantitative estimate of drug-likeness (QED) is 0.0785. The fraction of sp³-hybridized carbons (Fsp3) is 0.786. The summed E-state index contributed by atoms with van der Waals surface area (Å²) in [6.07, 6.45) is 19.9. The molecule has 0 spiro atoms. The van der Waals surface area contributed by atoms with Gasteiger partial charge < -0.3 is 13.7 Å². The summed E-state index contributed by atoms with van der Waals surface area (Å²) in [5.74, 6) is 0.646. The number of allylic oxidation sites excluding steroid dienone is 3. The van der Waals surface area contributed by atoms with Crippen molar-refractivity contribution in [3.05, 3.63) is 24.3 Å². The van der Waals surface area contributed by atoms with E-state index >= 15 is 0 Å². The number of hydrogen-bond acceptors (Lipinski definition) is 5. The minimum Gasteiger partial charge on any atom is -0.520 e. The summed E-state index contributed by atoms with van der Waals surface area (Å²) < 4.78 is 12.0. The van der Waals surface area contributed by atoms with Crippen LogP contribution in [0.4, 0.5) is 0 Å². The van der Waals surface area contributed by atoms with Crippen molar-refractivity contribution in [2.45, 2.75) is 123 Å². The number of carbonyl (C=O) groups is 1. The van der Waals surface area contributed by atoms with Crippen LogP contribution in [0.1, 0.15) is 78.1 Å². The smallest absolute Gasteiger partial charge is 0.292 e. The van der Waals surface area contributed by atoms with Crippen LogP contribution in [-0.4, -0.2) is 41.0 Å². The zero-order chi connectivity index (χ0) is 26.3. The Morgan fingerprint density at radius 3 is 2.34 bits per heavy atom. The maximum absolute atomic E-state index is 11.9. The molecular weight excluding hydrogens is 470 g/mol. The van der Waals surface area contributed by atoms with E-state index in [4.69, 9.17) is 13.7 Å². The molecule has 1 aliphatic carbocycles. The highest BCUT2D eigenvalue weighted by molar-refractivity contribution is 6.71. The molecule has 0 heterocycles. The van der Waals surface area contributed by atoms with Crippen LogP contribution in [0, 0.1) is 11.8 Å². The van der Waals surface area contributed by atoms with Gasteiger partial charge in [-0.05, 0) is 71.5 Å². The molecule has 1 rings (SSSR count). The Hall–Kier alpha value is -1.19.